The SMILES string of the molecule is CCc1nc2ccccc2c(C(=O)O[C@@H](C(=O)N2CCCC2)c2ccccc2)c1C. The number of hydrogen-bond donors (Lipinski definition) is 0. The Morgan fingerprint density at radius 2 is 1.70 bits per heavy atom. The summed E-state index contributed by atoms with van der Waals surface area (Å²) in [5.74, 6) is -0.638. The highest BCUT2D eigenvalue weighted by Gasteiger charge is 2.32. The Bertz CT molecular complexity index is 1070. The molecule has 2 heterocycles. The van der Waals surface area contributed by atoms with E-state index < -0.39 is 12.1 Å². The van der Waals surface area contributed by atoms with Crippen LogP contribution in [0.25, 0.3) is 10.9 Å². The maximum Gasteiger partial charge on any atom is 0.340 e. The lowest BCUT2D eigenvalue weighted by atomic mass is 10.00. The molecule has 0 unspecified atom stereocenters. The van der Waals surface area contributed by atoms with E-state index in [1.807, 2.05) is 68.4 Å². The lowest BCUT2D eigenvalue weighted by Crippen LogP contribution is -2.35. The summed E-state index contributed by atoms with van der Waals surface area (Å²) in [6.45, 7) is 5.32. The molecule has 30 heavy (non-hydrogen) atoms. The molecule has 1 aliphatic heterocycles. The van der Waals surface area contributed by atoms with E-state index in [1.54, 1.807) is 4.90 Å². The first-order valence-electron chi connectivity index (χ1n) is 10.5. The highest BCUT2D eigenvalue weighted by Crippen LogP contribution is 2.28. The number of nitrogens with zero attached hydrogens (tertiary/aromatic N) is 2. The Labute approximate surface area is 176 Å². The van der Waals surface area contributed by atoms with Gasteiger partial charge in [-0.15, -0.1) is 0 Å². The van der Waals surface area contributed by atoms with Crippen molar-refractivity contribution < 1.29 is 14.3 Å². The van der Waals surface area contributed by atoms with Gasteiger partial charge >= 0.3 is 5.97 Å². The van der Waals surface area contributed by atoms with Crippen molar-refractivity contribution in [3.63, 3.8) is 0 Å². The molecule has 3 aromatic rings. The molecule has 0 spiro atoms. The van der Waals surface area contributed by atoms with Crippen LogP contribution in [0.5, 0.6) is 0 Å². The van der Waals surface area contributed by atoms with Crippen LogP contribution in [0.4, 0.5) is 0 Å². The van der Waals surface area contributed by atoms with Crippen molar-refractivity contribution in [2.75, 3.05) is 13.1 Å². The second-order valence-corrected chi connectivity index (χ2v) is 7.66. The number of likely N-dealkylation sites (tertiary alicyclic amines) is 1. The van der Waals surface area contributed by atoms with Gasteiger partial charge in [-0.3, -0.25) is 9.78 Å². The van der Waals surface area contributed by atoms with Gasteiger partial charge in [0.2, 0.25) is 6.10 Å². The minimum absolute atomic E-state index is 0.154. The summed E-state index contributed by atoms with van der Waals surface area (Å²) in [5.41, 5.74) is 3.61. The summed E-state index contributed by atoms with van der Waals surface area (Å²) in [6, 6.07) is 16.8. The number of fused-ring (bicyclic) bond motifs is 1. The van der Waals surface area contributed by atoms with Crippen LogP contribution < -0.4 is 0 Å². The molecule has 0 N–H and O–H groups in total. The molecular formula is C25H26N2O3. The average Bonchev–Trinajstić information content (AvgIpc) is 3.32. The number of amides is 1. The smallest absolute Gasteiger partial charge is 0.340 e. The van der Waals surface area contributed by atoms with Crippen molar-refractivity contribution >= 4 is 22.8 Å². The second-order valence-electron chi connectivity index (χ2n) is 7.66. The molecule has 1 amide bonds. The molecule has 1 aliphatic rings. The number of esters is 1. The lowest BCUT2D eigenvalue weighted by molar-refractivity contribution is -0.140. The molecule has 0 radical (unpaired) electrons. The Kier molecular flexibility index (Phi) is 5.79. The number of benzene rings is 2. The predicted molar refractivity (Wildman–Crippen MR) is 116 cm³/mol. The number of ether oxygens (including phenoxy) is 1. The van der Waals surface area contributed by atoms with Gasteiger partial charge in [0.1, 0.15) is 0 Å². The molecule has 4 rings (SSSR count). The normalized spacial score (nSPS) is 14.7. The van der Waals surface area contributed by atoms with Crippen molar-refractivity contribution in [2.24, 2.45) is 0 Å². The van der Waals surface area contributed by atoms with Crippen LogP contribution >= 0.6 is 0 Å². The number of rotatable bonds is 5. The summed E-state index contributed by atoms with van der Waals surface area (Å²) in [5, 5.41) is 0.748. The number of aromatic nitrogens is 1. The van der Waals surface area contributed by atoms with Crippen molar-refractivity contribution in [3.8, 4) is 0 Å². The Balaban J connectivity index is 1.74. The van der Waals surface area contributed by atoms with E-state index in [2.05, 4.69) is 4.98 Å². The number of aryl methyl sites for hydroxylation is 1. The number of hydrogen-bond acceptors (Lipinski definition) is 4. The van der Waals surface area contributed by atoms with Crippen LogP contribution in [0.15, 0.2) is 54.6 Å². The Morgan fingerprint density at radius 1 is 1.03 bits per heavy atom. The molecular weight excluding hydrogens is 376 g/mol. The highest BCUT2D eigenvalue weighted by molar-refractivity contribution is 6.05. The third-order valence-corrected chi connectivity index (χ3v) is 5.74. The van der Waals surface area contributed by atoms with Crippen molar-refractivity contribution in [1.29, 1.82) is 0 Å². The van der Waals surface area contributed by atoms with Crippen LogP contribution in [0.2, 0.25) is 0 Å². The van der Waals surface area contributed by atoms with E-state index in [0.29, 0.717) is 30.6 Å². The molecule has 5 nitrogen and oxygen atoms in total. The van der Waals surface area contributed by atoms with Crippen molar-refractivity contribution in [1.82, 2.24) is 9.88 Å². The third kappa shape index (κ3) is 3.80. The van der Waals surface area contributed by atoms with Crippen LogP contribution in [-0.2, 0) is 16.0 Å². The van der Waals surface area contributed by atoms with Gasteiger partial charge in [0, 0.05) is 29.7 Å². The van der Waals surface area contributed by atoms with Gasteiger partial charge in [0.05, 0.1) is 11.1 Å². The molecule has 154 valence electrons. The summed E-state index contributed by atoms with van der Waals surface area (Å²) in [6.07, 6.45) is 1.73. The first kappa shape index (κ1) is 20.1. The van der Waals surface area contributed by atoms with E-state index in [9.17, 15) is 9.59 Å². The first-order chi connectivity index (χ1) is 14.6. The molecule has 1 atom stereocenters. The molecule has 0 bridgehead atoms. The number of carbonyl (C=O) groups excluding carboxylic acids is 2. The maximum atomic E-state index is 13.4. The molecule has 2 aromatic carbocycles. The zero-order chi connectivity index (χ0) is 21.1. The van der Waals surface area contributed by atoms with Gasteiger partial charge in [-0.05, 0) is 37.8 Å². The van der Waals surface area contributed by atoms with Crippen LogP contribution in [0, 0.1) is 6.92 Å². The van der Waals surface area contributed by atoms with Gasteiger partial charge in [0.15, 0.2) is 0 Å². The van der Waals surface area contributed by atoms with E-state index in [1.165, 1.54) is 0 Å². The molecule has 0 aliphatic carbocycles. The largest absolute Gasteiger partial charge is 0.444 e. The highest BCUT2D eigenvalue weighted by atomic mass is 16.5. The zero-order valence-corrected chi connectivity index (χ0v) is 17.4. The quantitative estimate of drug-likeness (QED) is 0.584. The van der Waals surface area contributed by atoms with Gasteiger partial charge in [-0.1, -0.05) is 55.5 Å². The fraction of sp³-hybridized carbons (Fsp3) is 0.320. The zero-order valence-electron chi connectivity index (χ0n) is 17.4. The molecule has 5 heteroatoms. The maximum absolute atomic E-state index is 13.4. The third-order valence-electron chi connectivity index (χ3n) is 5.74. The average molecular weight is 402 g/mol. The topological polar surface area (TPSA) is 59.5 Å². The van der Waals surface area contributed by atoms with Gasteiger partial charge in [-0.25, -0.2) is 4.79 Å². The van der Waals surface area contributed by atoms with Gasteiger partial charge < -0.3 is 9.64 Å². The molecule has 1 fully saturated rings. The van der Waals surface area contributed by atoms with Gasteiger partial charge in [0.25, 0.3) is 5.91 Å². The minimum atomic E-state index is -0.951. The minimum Gasteiger partial charge on any atom is -0.444 e. The Morgan fingerprint density at radius 3 is 2.40 bits per heavy atom. The summed E-state index contributed by atoms with van der Waals surface area (Å²) in [7, 11) is 0. The first-order valence-corrected chi connectivity index (χ1v) is 10.5. The fourth-order valence-electron chi connectivity index (χ4n) is 4.12. The lowest BCUT2D eigenvalue weighted by Gasteiger charge is -2.24. The van der Waals surface area contributed by atoms with Crippen LogP contribution in [0.3, 0.4) is 0 Å². The predicted octanol–water partition coefficient (Wildman–Crippen LogP) is 4.63. The second kappa shape index (κ2) is 8.66. The molecule has 1 aromatic heterocycles. The Hall–Kier alpha value is -3.21. The standard InChI is InChI=1S/C25H26N2O3/c1-3-20-17(2)22(19-13-7-8-14-21(19)26-20)25(29)30-23(18-11-5-4-6-12-18)24(28)27-15-9-10-16-27/h4-8,11-14,23H,3,9-10,15-16H2,1-2H3/t23-/m1/s1. The van der Waals surface area contributed by atoms with Crippen LogP contribution in [0.1, 0.15) is 53.0 Å². The van der Waals surface area contributed by atoms with Gasteiger partial charge in [-0.2, -0.15) is 0 Å². The summed E-state index contributed by atoms with van der Waals surface area (Å²) in [4.78, 5) is 33.1. The molecule has 1 saturated heterocycles. The summed E-state index contributed by atoms with van der Waals surface area (Å²) >= 11 is 0. The summed E-state index contributed by atoms with van der Waals surface area (Å²) < 4.78 is 5.93. The van der Waals surface area contributed by atoms with Crippen molar-refractivity contribution in [3.05, 3.63) is 77.0 Å². The van der Waals surface area contributed by atoms with E-state index in [0.717, 1.165) is 35.0 Å². The van der Waals surface area contributed by atoms with Crippen LogP contribution in [-0.4, -0.2) is 34.8 Å². The fourth-order valence-corrected chi connectivity index (χ4v) is 4.12. The number of carbonyl (C=O) groups is 2. The van der Waals surface area contributed by atoms with Crippen molar-refractivity contribution in [2.45, 2.75) is 39.2 Å². The monoisotopic (exact) mass is 402 g/mol. The number of pyridine rings is 1. The van der Waals surface area contributed by atoms with E-state index in [4.69, 9.17) is 4.74 Å². The molecule has 0 saturated carbocycles. The number of para-hydroxylation sites is 1. The van der Waals surface area contributed by atoms with E-state index >= 15 is 0 Å². The van der Waals surface area contributed by atoms with E-state index in [-0.39, 0.29) is 5.91 Å².